The Labute approximate surface area is 73.9 Å². The number of thioether (sulfide) groups is 1. The highest BCUT2D eigenvalue weighted by Gasteiger charge is 2.28. The van der Waals surface area contributed by atoms with Crippen molar-refractivity contribution in [1.82, 2.24) is 0 Å². The van der Waals surface area contributed by atoms with Gasteiger partial charge in [-0.15, -0.1) is 11.8 Å². The average Bonchev–Trinajstić information content (AvgIpc) is 1.84. The molecule has 70 valence electrons. The smallest absolute Gasteiger partial charge is 0.197 e. The van der Waals surface area contributed by atoms with Crippen LogP contribution in [0.3, 0.4) is 0 Å². The van der Waals surface area contributed by atoms with Crippen LogP contribution in [0.2, 0.25) is 0 Å². The molecule has 0 saturated heterocycles. The number of rotatable bonds is 3. The Bertz CT molecular complexity index is 180. The van der Waals surface area contributed by atoms with E-state index in [0.717, 1.165) is 11.8 Å². The quantitative estimate of drug-likeness (QED) is 0.694. The molecule has 0 spiro atoms. The molecule has 12 heavy (non-hydrogen) atoms. The van der Waals surface area contributed by atoms with Crippen molar-refractivity contribution in [2.24, 2.45) is 0 Å². The van der Waals surface area contributed by atoms with Gasteiger partial charge in [0.05, 0.1) is 17.2 Å². The zero-order valence-corrected chi connectivity index (χ0v) is 7.72. The molecule has 0 heterocycles. The van der Waals surface area contributed by atoms with Gasteiger partial charge in [0, 0.05) is 5.75 Å². The molecule has 0 aliphatic heterocycles. The van der Waals surface area contributed by atoms with Crippen molar-refractivity contribution in [3.8, 4) is 6.07 Å². The van der Waals surface area contributed by atoms with Crippen LogP contribution >= 0.6 is 11.8 Å². The molecular formula is C7H10F3NS. The van der Waals surface area contributed by atoms with Crippen LogP contribution in [-0.4, -0.2) is 16.7 Å². The molecule has 0 amide bonds. The summed E-state index contributed by atoms with van der Waals surface area (Å²) < 4.78 is 34.2. The summed E-state index contributed by atoms with van der Waals surface area (Å²) in [5.74, 6) is -0.0515. The molecule has 5 heteroatoms. The predicted molar refractivity (Wildman–Crippen MR) is 42.8 cm³/mol. The topological polar surface area (TPSA) is 23.8 Å². The predicted octanol–water partition coefficient (Wildman–Crippen LogP) is 2.97. The third-order valence-electron chi connectivity index (χ3n) is 1.12. The largest absolute Gasteiger partial charge is 0.389 e. The van der Waals surface area contributed by atoms with Crippen LogP contribution in [0, 0.1) is 11.3 Å². The molecule has 1 nitrogen and oxygen atoms in total. The summed E-state index contributed by atoms with van der Waals surface area (Å²) in [4.78, 5) is 0. The monoisotopic (exact) mass is 197 g/mol. The lowest BCUT2D eigenvalue weighted by Crippen LogP contribution is -2.15. The van der Waals surface area contributed by atoms with Gasteiger partial charge in [0.25, 0.3) is 0 Å². The molecular weight excluding hydrogens is 187 g/mol. The first kappa shape index (κ1) is 11.6. The number of nitrogens with zero attached hydrogens (tertiary/aromatic N) is 1. The van der Waals surface area contributed by atoms with Gasteiger partial charge in [0.2, 0.25) is 0 Å². The fourth-order valence-corrected chi connectivity index (χ4v) is 1.36. The highest BCUT2D eigenvalue weighted by Crippen LogP contribution is 2.28. The summed E-state index contributed by atoms with van der Waals surface area (Å²) in [7, 11) is 0. The molecule has 0 aliphatic rings. The molecule has 0 N–H and O–H groups in total. The summed E-state index contributed by atoms with van der Waals surface area (Å²) in [6.45, 7) is 3.21. The second kappa shape index (κ2) is 4.04. The Hall–Kier alpha value is -0.370. The van der Waals surface area contributed by atoms with Crippen molar-refractivity contribution in [3.63, 3.8) is 0 Å². The maximum Gasteiger partial charge on any atom is 0.389 e. The van der Waals surface area contributed by atoms with E-state index in [4.69, 9.17) is 5.26 Å². The lowest BCUT2D eigenvalue weighted by Gasteiger charge is -2.14. The van der Waals surface area contributed by atoms with Gasteiger partial charge in [0.1, 0.15) is 0 Å². The third-order valence-corrected chi connectivity index (χ3v) is 2.34. The van der Waals surface area contributed by atoms with Gasteiger partial charge in [0.15, 0.2) is 0 Å². The van der Waals surface area contributed by atoms with Crippen LogP contribution in [0.5, 0.6) is 0 Å². The first-order chi connectivity index (χ1) is 5.27. The normalized spacial score (nSPS) is 12.7. The van der Waals surface area contributed by atoms with E-state index in [0.29, 0.717) is 0 Å². The van der Waals surface area contributed by atoms with E-state index in [9.17, 15) is 13.2 Å². The summed E-state index contributed by atoms with van der Waals surface area (Å²) in [5, 5.41) is 8.47. The number of halogens is 3. The van der Waals surface area contributed by atoms with Crippen molar-refractivity contribution in [2.75, 3.05) is 5.75 Å². The molecule has 0 aromatic heterocycles. The van der Waals surface area contributed by atoms with E-state index < -0.39 is 17.3 Å². The van der Waals surface area contributed by atoms with Gasteiger partial charge in [-0.1, -0.05) is 0 Å². The zero-order valence-electron chi connectivity index (χ0n) is 6.90. The summed E-state index contributed by atoms with van der Waals surface area (Å²) in [6, 6.07) is 1.92. The Morgan fingerprint density at radius 2 is 1.83 bits per heavy atom. The second-order valence-electron chi connectivity index (χ2n) is 2.84. The Kier molecular flexibility index (Phi) is 3.91. The Morgan fingerprint density at radius 3 is 2.17 bits per heavy atom. The summed E-state index contributed by atoms with van der Waals surface area (Å²) in [5.41, 5.74) is 0. The number of alkyl halides is 3. The molecule has 0 aromatic carbocycles. The molecule has 0 bridgehead atoms. The van der Waals surface area contributed by atoms with Crippen LogP contribution in [0.1, 0.15) is 20.3 Å². The highest BCUT2D eigenvalue weighted by atomic mass is 32.2. The molecule has 0 aromatic rings. The molecule has 0 radical (unpaired) electrons. The molecule has 0 aliphatic carbocycles. The van der Waals surface area contributed by atoms with Gasteiger partial charge >= 0.3 is 6.18 Å². The lowest BCUT2D eigenvalue weighted by molar-refractivity contribution is -0.129. The summed E-state index contributed by atoms with van der Waals surface area (Å²) >= 11 is 1.02. The van der Waals surface area contributed by atoms with Gasteiger partial charge < -0.3 is 0 Å². The van der Waals surface area contributed by atoms with E-state index in [-0.39, 0.29) is 5.75 Å². The van der Waals surface area contributed by atoms with Crippen molar-refractivity contribution >= 4 is 11.8 Å². The van der Waals surface area contributed by atoms with Crippen molar-refractivity contribution in [1.29, 1.82) is 5.26 Å². The molecule has 0 atom stereocenters. The van der Waals surface area contributed by atoms with Crippen molar-refractivity contribution in [2.45, 2.75) is 31.2 Å². The fraction of sp³-hybridized carbons (Fsp3) is 0.857. The third kappa shape index (κ3) is 6.35. The molecule has 0 fully saturated rings. The number of hydrogen-bond acceptors (Lipinski definition) is 2. The first-order valence-corrected chi connectivity index (χ1v) is 4.37. The first-order valence-electron chi connectivity index (χ1n) is 3.39. The lowest BCUT2D eigenvalue weighted by atomic mass is 10.2. The van der Waals surface area contributed by atoms with E-state index >= 15 is 0 Å². The van der Waals surface area contributed by atoms with E-state index in [1.165, 1.54) is 0 Å². The van der Waals surface area contributed by atoms with Crippen LogP contribution in [-0.2, 0) is 0 Å². The van der Waals surface area contributed by atoms with Crippen LogP contribution < -0.4 is 0 Å². The SMILES string of the molecule is CC(C)(C#N)SCCC(F)(F)F. The van der Waals surface area contributed by atoms with E-state index in [1.807, 2.05) is 6.07 Å². The maximum atomic E-state index is 11.6. The zero-order chi connectivity index (χ0) is 9.83. The second-order valence-corrected chi connectivity index (χ2v) is 4.55. The van der Waals surface area contributed by atoms with Gasteiger partial charge in [-0.25, -0.2) is 0 Å². The van der Waals surface area contributed by atoms with Crippen LogP contribution in [0.25, 0.3) is 0 Å². The van der Waals surface area contributed by atoms with Gasteiger partial charge in [-0.3, -0.25) is 0 Å². The van der Waals surface area contributed by atoms with Gasteiger partial charge in [-0.05, 0) is 13.8 Å². The molecule has 0 saturated carbocycles. The fourth-order valence-electron chi connectivity index (χ4n) is 0.454. The number of nitriles is 1. The van der Waals surface area contributed by atoms with Gasteiger partial charge in [-0.2, -0.15) is 18.4 Å². The Balaban J connectivity index is 3.66. The number of hydrogen-bond donors (Lipinski definition) is 0. The molecule has 0 rings (SSSR count). The maximum absolute atomic E-state index is 11.6. The van der Waals surface area contributed by atoms with E-state index in [1.54, 1.807) is 13.8 Å². The minimum absolute atomic E-state index is 0.0515. The standard InChI is InChI=1S/C7H10F3NS/c1-6(2,5-11)12-4-3-7(8,9)10/h3-4H2,1-2H3. The summed E-state index contributed by atoms with van der Waals surface area (Å²) in [6.07, 6.45) is -4.94. The minimum Gasteiger partial charge on any atom is -0.197 e. The van der Waals surface area contributed by atoms with Crippen LogP contribution in [0.15, 0.2) is 0 Å². The van der Waals surface area contributed by atoms with Crippen molar-refractivity contribution in [3.05, 3.63) is 0 Å². The minimum atomic E-state index is -4.11. The Morgan fingerprint density at radius 1 is 1.33 bits per heavy atom. The van der Waals surface area contributed by atoms with E-state index in [2.05, 4.69) is 0 Å². The average molecular weight is 197 g/mol. The van der Waals surface area contributed by atoms with Crippen molar-refractivity contribution < 1.29 is 13.2 Å². The molecule has 0 unspecified atom stereocenters. The van der Waals surface area contributed by atoms with Crippen LogP contribution in [0.4, 0.5) is 13.2 Å². The highest BCUT2D eigenvalue weighted by molar-refractivity contribution is 8.00.